The maximum atomic E-state index is 6.04. The minimum atomic E-state index is -0.124. The van der Waals surface area contributed by atoms with E-state index >= 15 is 0 Å². The van der Waals surface area contributed by atoms with E-state index in [1.807, 2.05) is 19.2 Å². The van der Waals surface area contributed by atoms with Crippen LogP contribution in [0.4, 0.5) is 0 Å². The van der Waals surface area contributed by atoms with Gasteiger partial charge in [-0.25, -0.2) is 0 Å². The van der Waals surface area contributed by atoms with E-state index in [-0.39, 0.29) is 5.60 Å². The summed E-state index contributed by atoms with van der Waals surface area (Å²) in [4.78, 5) is 0. The summed E-state index contributed by atoms with van der Waals surface area (Å²) in [6.45, 7) is 9.31. The van der Waals surface area contributed by atoms with Gasteiger partial charge in [0, 0.05) is 18.0 Å². The lowest BCUT2D eigenvalue weighted by atomic mass is 9.90. The van der Waals surface area contributed by atoms with Crippen LogP contribution in [0.1, 0.15) is 45.7 Å². The van der Waals surface area contributed by atoms with Gasteiger partial charge in [-0.1, -0.05) is 13.8 Å². The van der Waals surface area contributed by atoms with Crippen LogP contribution in [0.2, 0.25) is 0 Å². The number of nitrogens with one attached hydrogen (secondary N) is 1. The number of hydrogen-bond acceptors (Lipinski definition) is 3. The standard InChI is InChI=1S/C16H25NO2/c1-11(2)10-18-12-6-7-15-13(8-12)14(17-5)9-16(3,4)19-15/h6-8,11,14,17H,9-10H2,1-5H3. The third-order valence-corrected chi connectivity index (χ3v) is 3.37. The van der Waals surface area contributed by atoms with Crippen molar-refractivity contribution in [1.29, 1.82) is 0 Å². The van der Waals surface area contributed by atoms with E-state index in [2.05, 4.69) is 39.1 Å². The van der Waals surface area contributed by atoms with Gasteiger partial charge in [-0.2, -0.15) is 0 Å². The van der Waals surface area contributed by atoms with Crippen molar-refractivity contribution in [3.8, 4) is 11.5 Å². The highest BCUT2D eigenvalue weighted by Crippen LogP contribution is 2.40. The van der Waals surface area contributed by atoms with Crippen molar-refractivity contribution in [2.45, 2.75) is 45.8 Å². The molecule has 1 atom stereocenters. The Labute approximate surface area is 116 Å². The zero-order valence-electron chi connectivity index (χ0n) is 12.6. The molecule has 1 N–H and O–H groups in total. The summed E-state index contributed by atoms with van der Waals surface area (Å²) >= 11 is 0. The molecule has 3 heteroatoms. The van der Waals surface area contributed by atoms with Crippen LogP contribution in [0.5, 0.6) is 11.5 Å². The van der Waals surface area contributed by atoms with Crippen molar-refractivity contribution in [2.24, 2.45) is 5.92 Å². The van der Waals surface area contributed by atoms with Gasteiger partial charge in [-0.05, 0) is 45.0 Å². The molecule has 19 heavy (non-hydrogen) atoms. The molecule has 0 aliphatic carbocycles. The molecule has 106 valence electrons. The van der Waals surface area contributed by atoms with Gasteiger partial charge in [0.25, 0.3) is 0 Å². The van der Waals surface area contributed by atoms with E-state index in [4.69, 9.17) is 9.47 Å². The highest BCUT2D eigenvalue weighted by atomic mass is 16.5. The number of benzene rings is 1. The molecule has 0 spiro atoms. The fourth-order valence-corrected chi connectivity index (χ4v) is 2.44. The van der Waals surface area contributed by atoms with Crippen LogP contribution in [0.15, 0.2) is 18.2 Å². The van der Waals surface area contributed by atoms with Gasteiger partial charge in [-0.15, -0.1) is 0 Å². The van der Waals surface area contributed by atoms with Crippen LogP contribution < -0.4 is 14.8 Å². The highest BCUT2D eigenvalue weighted by molar-refractivity contribution is 5.44. The fourth-order valence-electron chi connectivity index (χ4n) is 2.44. The summed E-state index contributed by atoms with van der Waals surface area (Å²) in [6, 6.07) is 6.45. The fraction of sp³-hybridized carbons (Fsp3) is 0.625. The Hall–Kier alpha value is -1.22. The number of fused-ring (bicyclic) bond motifs is 1. The Bertz CT molecular complexity index is 440. The first-order valence-corrected chi connectivity index (χ1v) is 7.04. The molecule has 1 aromatic rings. The van der Waals surface area contributed by atoms with Crippen molar-refractivity contribution in [3.05, 3.63) is 23.8 Å². The Kier molecular flexibility index (Phi) is 4.04. The van der Waals surface area contributed by atoms with Crippen LogP contribution in [-0.4, -0.2) is 19.3 Å². The quantitative estimate of drug-likeness (QED) is 0.901. The molecule has 1 aliphatic heterocycles. The SMILES string of the molecule is CNC1CC(C)(C)Oc2ccc(OCC(C)C)cc21. The largest absolute Gasteiger partial charge is 0.493 e. The van der Waals surface area contributed by atoms with E-state index in [9.17, 15) is 0 Å². The molecule has 1 heterocycles. The Morgan fingerprint density at radius 1 is 1.42 bits per heavy atom. The molecular weight excluding hydrogens is 238 g/mol. The molecule has 0 saturated carbocycles. The van der Waals surface area contributed by atoms with Crippen molar-refractivity contribution in [1.82, 2.24) is 5.32 Å². The van der Waals surface area contributed by atoms with Gasteiger partial charge >= 0.3 is 0 Å². The molecule has 0 radical (unpaired) electrons. The minimum Gasteiger partial charge on any atom is -0.493 e. The average molecular weight is 263 g/mol. The molecule has 0 saturated heterocycles. The lowest BCUT2D eigenvalue weighted by molar-refractivity contribution is 0.0672. The second kappa shape index (κ2) is 5.41. The first-order valence-electron chi connectivity index (χ1n) is 7.04. The second-order valence-corrected chi connectivity index (χ2v) is 6.31. The first kappa shape index (κ1) is 14.2. The van der Waals surface area contributed by atoms with E-state index in [0.717, 1.165) is 24.5 Å². The van der Waals surface area contributed by atoms with Crippen LogP contribution in [0, 0.1) is 5.92 Å². The summed E-state index contributed by atoms with van der Waals surface area (Å²) < 4.78 is 11.8. The highest BCUT2D eigenvalue weighted by Gasteiger charge is 2.33. The molecule has 2 rings (SSSR count). The molecule has 0 amide bonds. The predicted molar refractivity (Wildman–Crippen MR) is 77.9 cm³/mol. The Morgan fingerprint density at radius 2 is 2.16 bits per heavy atom. The van der Waals surface area contributed by atoms with Crippen LogP contribution in [0.25, 0.3) is 0 Å². The van der Waals surface area contributed by atoms with Gasteiger partial charge in [0.2, 0.25) is 0 Å². The molecule has 0 bridgehead atoms. The maximum absolute atomic E-state index is 6.04. The van der Waals surface area contributed by atoms with E-state index < -0.39 is 0 Å². The average Bonchev–Trinajstić information content (AvgIpc) is 2.34. The van der Waals surface area contributed by atoms with Crippen LogP contribution in [0.3, 0.4) is 0 Å². The lowest BCUT2D eigenvalue weighted by Gasteiger charge is -2.37. The van der Waals surface area contributed by atoms with E-state index in [1.54, 1.807) is 0 Å². The van der Waals surface area contributed by atoms with Crippen molar-refractivity contribution in [3.63, 3.8) is 0 Å². The third kappa shape index (κ3) is 3.41. The van der Waals surface area contributed by atoms with Gasteiger partial charge in [0.1, 0.15) is 17.1 Å². The van der Waals surface area contributed by atoms with Crippen LogP contribution >= 0.6 is 0 Å². The molecule has 0 aromatic heterocycles. The predicted octanol–water partition coefficient (Wildman–Crippen LogP) is 3.54. The van der Waals surface area contributed by atoms with E-state index in [1.165, 1.54) is 5.56 Å². The summed E-state index contributed by atoms with van der Waals surface area (Å²) in [5.74, 6) is 2.43. The summed E-state index contributed by atoms with van der Waals surface area (Å²) in [5.41, 5.74) is 1.07. The summed E-state index contributed by atoms with van der Waals surface area (Å²) in [7, 11) is 2.00. The molecule has 1 unspecified atom stereocenters. The number of hydrogen-bond donors (Lipinski definition) is 1. The van der Waals surface area contributed by atoms with Gasteiger partial charge in [0.05, 0.1) is 6.61 Å². The molecule has 1 aromatic carbocycles. The Morgan fingerprint density at radius 3 is 2.79 bits per heavy atom. The van der Waals surface area contributed by atoms with Crippen molar-refractivity contribution < 1.29 is 9.47 Å². The van der Waals surface area contributed by atoms with E-state index in [0.29, 0.717) is 12.0 Å². The normalized spacial score (nSPS) is 20.8. The number of rotatable bonds is 4. The third-order valence-electron chi connectivity index (χ3n) is 3.37. The maximum Gasteiger partial charge on any atom is 0.125 e. The van der Waals surface area contributed by atoms with Gasteiger partial charge in [0.15, 0.2) is 0 Å². The minimum absolute atomic E-state index is 0.124. The molecule has 1 aliphatic rings. The second-order valence-electron chi connectivity index (χ2n) is 6.31. The summed E-state index contributed by atoms with van der Waals surface area (Å²) in [5, 5.41) is 3.37. The Balaban J connectivity index is 2.23. The lowest BCUT2D eigenvalue weighted by Crippen LogP contribution is -2.38. The molecule has 0 fully saturated rings. The van der Waals surface area contributed by atoms with Gasteiger partial charge in [-0.3, -0.25) is 0 Å². The summed E-state index contributed by atoms with van der Waals surface area (Å²) in [6.07, 6.45) is 0.962. The molecular formula is C16H25NO2. The van der Waals surface area contributed by atoms with Crippen molar-refractivity contribution >= 4 is 0 Å². The molecule has 3 nitrogen and oxygen atoms in total. The van der Waals surface area contributed by atoms with Gasteiger partial charge < -0.3 is 14.8 Å². The van der Waals surface area contributed by atoms with Crippen LogP contribution in [-0.2, 0) is 0 Å². The zero-order chi connectivity index (χ0) is 14.0. The monoisotopic (exact) mass is 263 g/mol. The first-order chi connectivity index (χ1) is 8.91. The van der Waals surface area contributed by atoms with Crippen molar-refractivity contribution in [2.75, 3.05) is 13.7 Å². The smallest absolute Gasteiger partial charge is 0.125 e. The zero-order valence-corrected chi connectivity index (χ0v) is 12.6. The topological polar surface area (TPSA) is 30.5 Å². The number of ether oxygens (including phenoxy) is 2.